The highest BCUT2D eigenvalue weighted by molar-refractivity contribution is 7.15. The molecular formula is C19H17ClN6OS. The van der Waals surface area contributed by atoms with Crippen LogP contribution in [0.4, 0.5) is 10.8 Å². The van der Waals surface area contributed by atoms with Crippen molar-refractivity contribution in [3.63, 3.8) is 0 Å². The number of nitrogens with zero attached hydrogens (tertiary/aromatic N) is 4. The lowest BCUT2D eigenvalue weighted by Gasteiger charge is -2.11. The zero-order valence-corrected chi connectivity index (χ0v) is 16.8. The molecule has 1 atom stereocenters. The van der Waals surface area contributed by atoms with Crippen LogP contribution in [0.2, 0.25) is 5.02 Å². The number of hydrogen-bond donors (Lipinski definition) is 2. The summed E-state index contributed by atoms with van der Waals surface area (Å²) in [4.78, 5) is 26.3. The number of hydrogen-bond acceptors (Lipinski definition) is 6. The summed E-state index contributed by atoms with van der Waals surface area (Å²) >= 11 is 7.38. The van der Waals surface area contributed by atoms with Crippen LogP contribution in [0.25, 0.3) is 11.0 Å². The second-order valence-corrected chi connectivity index (χ2v) is 7.81. The minimum atomic E-state index is -0.240. The molecule has 0 aliphatic rings. The third-order valence-corrected chi connectivity index (χ3v) is 5.59. The predicted molar refractivity (Wildman–Crippen MR) is 111 cm³/mol. The molecule has 0 fully saturated rings. The van der Waals surface area contributed by atoms with E-state index in [1.54, 1.807) is 24.8 Å². The number of aryl methyl sites for hydroxylation is 1. The summed E-state index contributed by atoms with van der Waals surface area (Å²) in [5.41, 5.74) is 2.87. The topological polar surface area (TPSA) is 84.7 Å². The molecule has 2 N–H and O–H groups in total. The van der Waals surface area contributed by atoms with Crippen LogP contribution >= 0.6 is 22.9 Å². The van der Waals surface area contributed by atoms with Crippen molar-refractivity contribution in [2.24, 2.45) is 7.05 Å². The minimum absolute atomic E-state index is 0.199. The fourth-order valence-corrected chi connectivity index (χ4v) is 3.66. The first-order valence-electron chi connectivity index (χ1n) is 8.56. The highest BCUT2D eigenvalue weighted by atomic mass is 35.5. The van der Waals surface area contributed by atoms with E-state index in [1.165, 1.54) is 11.3 Å². The third kappa shape index (κ3) is 3.83. The zero-order valence-electron chi connectivity index (χ0n) is 15.2. The van der Waals surface area contributed by atoms with Gasteiger partial charge in [0.25, 0.3) is 5.91 Å². The molecule has 7 nitrogen and oxygen atoms in total. The van der Waals surface area contributed by atoms with Crippen LogP contribution in [-0.4, -0.2) is 25.4 Å². The maximum absolute atomic E-state index is 12.6. The Kier molecular flexibility index (Phi) is 4.97. The van der Waals surface area contributed by atoms with Crippen LogP contribution < -0.4 is 10.6 Å². The Labute approximate surface area is 170 Å². The number of fused-ring (bicyclic) bond motifs is 1. The van der Waals surface area contributed by atoms with Gasteiger partial charge in [0.2, 0.25) is 0 Å². The smallest absolute Gasteiger partial charge is 0.270 e. The first-order chi connectivity index (χ1) is 13.5. The van der Waals surface area contributed by atoms with Crippen LogP contribution in [0.1, 0.15) is 28.3 Å². The van der Waals surface area contributed by atoms with E-state index in [2.05, 4.69) is 25.6 Å². The van der Waals surface area contributed by atoms with Gasteiger partial charge in [0, 0.05) is 28.8 Å². The molecule has 142 valence electrons. The van der Waals surface area contributed by atoms with Crippen molar-refractivity contribution in [3.05, 3.63) is 64.6 Å². The van der Waals surface area contributed by atoms with E-state index in [1.807, 2.05) is 42.8 Å². The van der Waals surface area contributed by atoms with Crippen LogP contribution in [0.3, 0.4) is 0 Å². The maximum atomic E-state index is 12.6. The zero-order chi connectivity index (χ0) is 19.7. The SMILES string of the molecule is CC(NC(=O)c1cc2c(cn1)ncn2C)c1cnc(Nc2ccc(Cl)cc2)s1. The first-order valence-corrected chi connectivity index (χ1v) is 9.75. The van der Waals surface area contributed by atoms with E-state index < -0.39 is 0 Å². The lowest BCUT2D eigenvalue weighted by atomic mass is 10.2. The number of rotatable bonds is 5. The molecule has 0 bridgehead atoms. The molecule has 1 unspecified atom stereocenters. The van der Waals surface area contributed by atoms with Crippen molar-refractivity contribution in [2.45, 2.75) is 13.0 Å². The monoisotopic (exact) mass is 412 g/mol. The minimum Gasteiger partial charge on any atom is -0.343 e. The Balaban J connectivity index is 1.44. The number of halogens is 1. The lowest BCUT2D eigenvalue weighted by Crippen LogP contribution is -2.26. The van der Waals surface area contributed by atoms with E-state index in [-0.39, 0.29) is 11.9 Å². The van der Waals surface area contributed by atoms with Gasteiger partial charge in [0.05, 0.1) is 24.1 Å². The molecule has 28 heavy (non-hydrogen) atoms. The number of pyridine rings is 1. The summed E-state index contributed by atoms with van der Waals surface area (Å²) in [6.45, 7) is 1.92. The molecule has 0 saturated carbocycles. The van der Waals surface area contributed by atoms with Crippen LogP contribution in [0, 0.1) is 0 Å². The van der Waals surface area contributed by atoms with E-state index >= 15 is 0 Å². The second kappa shape index (κ2) is 7.57. The Bertz CT molecular complexity index is 1140. The molecule has 1 aromatic carbocycles. The number of imidazole rings is 1. The van der Waals surface area contributed by atoms with Crippen molar-refractivity contribution >= 4 is 50.7 Å². The van der Waals surface area contributed by atoms with Crippen molar-refractivity contribution < 1.29 is 4.79 Å². The molecule has 4 rings (SSSR count). The number of benzene rings is 1. The molecule has 3 heterocycles. The van der Waals surface area contributed by atoms with E-state index in [9.17, 15) is 4.79 Å². The molecule has 0 aliphatic carbocycles. The summed E-state index contributed by atoms with van der Waals surface area (Å²) in [7, 11) is 1.88. The van der Waals surface area contributed by atoms with Gasteiger partial charge in [-0.3, -0.25) is 4.79 Å². The fourth-order valence-electron chi connectivity index (χ4n) is 2.70. The Morgan fingerprint density at radius 3 is 2.75 bits per heavy atom. The van der Waals surface area contributed by atoms with Crippen LogP contribution in [0.5, 0.6) is 0 Å². The summed E-state index contributed by atoms with van der Waals surface area (Å²) in [5, 5.41) is 7.62. The van der Waals surface area contributed by atoms with Crippen molar-refractivity contribution in [2.75, 3.05) is 5.32 Å². The number of aromatic nitrogens is 4. The van der Waals surface area contributed by atoms with Gasteiger partial charge in [-0.25, -0.2) is 15.0 Å². The van der Waals surface area contributed by atoms with Gasteiger partial charge in [-0.2, -0.15) is 0 Å². The van der Waals surface area contributed by atoms with Gasteiger partial charge in [0.1, 0.15) is 11.2 Å². The van der Waals surface area contributed by atoms with Crippen molar-refractivity contribution in [3.8, 4) is 0 Å². The molecule has 9 heteroatoms. The highest BCUT2D eigenvalue weighted by Crippen LogP contribution is 2.27. The standard InChI is InChI=1S/C19H17ClN6OS/c1-11(17-9-22-19(28-17)25-13-5-3-12(20)4-6-13)24-18(27)14-7-16-15(8-21-14)23-10-26(16)2/h3-11H,1-2H3,(H,22,25)(H,24,27). The van der Waals surface area contributed by atoms with Gasteiger partial charge in [0.15, 0.2) is 5.13 Å². The average molecular weight is 413 g/mol. The lowest BCUT2D eigenvalue weighted by molar-refractivity contribution is 0.0935. The number of thiazole rings is 1. The Morgan fingerprint density at radius 1 is 1.18 bits per heavy atom. The fraction of sp³-hybridized carbons (Fsp3) is 0.158. The number of anilines is 2. The number of carbonyl (C=O) groups excluding carboxylic acids is 1. The van der Waals surface area contributed by atoms with Crippen molar-refractivity contribution in [1.29, 1.82) is 0 Å². The van der Waals surface area contributed by atoms with E-state index in [4.69, 9.17) is 11.6 Å². The first kappa shape index (κ1) is 18.4. The third-order valence-electron chi connectivity index (χ3n) is 4.24. The van der Waals surface area contributed by atoms with Gasteiger partial charge in [-0.15, -0.1) is 0 Å². The van der Waals surface area contributed by atoms with Crippen LogP contribution in [-0.2, 0) is 7.05 Å². The van der Waals surface area contributed by atoms with Crippen LogP contribution in [0.15, 0.2) is 49.1 Å². The molecule has 0 saturated heterocycles. The van der Waals surface area contributed by atoms with Gasteiger partial charge in [-0.1, -0.05) is 22.9 Å². The average Bonchev–Trinajstić information content (AvgIpc) is 3.30. The van der Waals surface area contributed by atoms with Gasteiger partial charge in [-0.05, 0) is 37.3 Å². The summed E-state index contributed by atoms with van der Waals surface area (Å²) in [6, 6.07) is 8.93. The normalized spacial score (nSPS) is 12.1. The largest absolute Gasteiger partial charge is 0.343 e. The molecule has 3 aromatic heterocycles. The predicted octanol–water partition coefficient (Wildman–Crippen LogP) is 4.31. The summed E-state index contributed by atoms with van der Waals surface area (Å²) in [5.74, 6) is -0.240. The maximum Gasteiger partial charge on any atom is 0.270 e. The van der Waals surface area contributed by atoms with Crippen molar-refractivity contribution in [1.82, 2.24) is 24.8 Å². The highest BCUT2D eigenvalue weighted by Gasteiger charge is 2.16. The number of carbonyl (C=O) groups is 1. The molecule has 1 amide bonds. The van der Waals surface area contributed by atoms with Gasteiger partial charge < -0.3 is 15.2 Å². The molecule has 0 spiro atoms. The molecular weight excluding hydrogens is 396 g/mol. The van der Waals surface area contributed by atoms with Gasteiger partial charge >= 0.3 is 0 Å². The molecule has 0 aliphatic heterocycles. The second-order valence-electron chi connectivity index (χ2n) is 6.31. The Morgan fingerprint density at radius 2 is 1.96 bits per heavy atom. The quantitative estimate of drug-likeness (QED) is 0.510. The van der Waals surface area contributed by atoms with E-state index in [0.29, 0.717) is 10.7 Å². The Hall–Kier alpha value is -2.97. The molecule has 4 aromatic rings. The molecule has 0 radical (unpaired) electrons. The van der Waals surface area contributed by atoms with E-state index in [0.717, 1.165) is 26.7 Å². The summed E-state index contributed by atoms with van der Waals surface area (Å²) in [6.07, 6.45) is 5.06. The summed E-state index contributed by atoms with van der Waals surface area (Å²) < 4.78 is 1.86. The number of amides is 1. The number of nitrogens with one attached hydrogen (secondary N) is 2.